The van der Waals surface area contributed by atoms with Gasteiger partial charge in [0.05, 0.1) is 12.2 Å². The predicted octanol–water partition coefficient (Wildman–Crippen LogP) is 4.48. The Morgan fingerprint density at radius 2 is 1.79 bits per heavy atom. The predicted molar refractivity (Wildman–Crippen MR) is 109 cm³/mol. The molecular weight excluding hydrogens is 352 g/mol. The molecule has 0 amide bonds. The number of hydrogen-bond donors (Lipinski definition) is 3. The third-order valence-corrected chi connectivity index (χ3v) is 10.3. The van der Waals surface area contributed by atoms with Gasteiger partial charge in [-0.2, -0.15) is 0 Å². The first-order chi connectivity index (χ1) is 13.2. The van der Waals surface area contributed by atoms with Gasteiger partial charge < -0.3 is 15.3 Å². The van der Waals surface area contributed by atoms with Crippen molar-refractivity contribution in [1.82, 2.24) is 0 Å². The molecule has 0 aromatic rings. The van der Waals surface area contributed by atoms with Gasteiger partial charge in [-0.15, -0.1) is 0 Å². The Morgan fingerprint density at radius 1 is 1.04 bits per heavy atom. The molecular formula is C24H40O4. The molecule has 0 heterocycles. The molecule has 4 nitrogen and oxygen atoms in total. The summed E-state index contributed by atoms with van der Waals surface area (Å²) in [7, 11) is 0. The van der Waals surface area contributed by atoms with E-state index in [1.807, 2.05) is 0 Å². The molecule has 0 spiro atoms. The average molecular weight is 393 g/mol. The molecule has 3 N–H and O–H groups in total. The van der Waals surface area contributed by atoms with E-state index >= 15 is 0 Å². The van der Waals surface area contributed by atoms with Crippen LogP contribution in [-0.4, -0.2) is 33.5 Å². The molecule has 4 rings (SSSR count). The molecule has 0 saturated heterocycles. The van der Waals surface area contributed by atoms with Crippen LogP contribution in [0.4, 0.5) is 0 Å². The van der Waals surface area contributed by atoms with Crippen LogP contribution in [0.2, 0.25) is 0 Å². The Morgan fingerprint density at radius 3 is 2.50 bits per heavy atom. The maximum absolute atomic E-state index is 11.5. The molecule has 4 fully saturated rings. The van der Waals surface area contributed by atoms with Crippen LogP contribution in [0.5, 0.6) is 0 Å². The summed E-state index contributed by atoms with van der Waals surface area (Å²) in [5, 5.41) is 30.8. The third-order valence-electron chi connectivity index (χ3n) is 10.3. The standard InChI is InChI=1S/C24H40O4/c1-14(4-9-22(27)28)18-7-8-19-17-6-5-15-12-16(25)10-11-23(15,2)20(17)13-21(26)24(18,19)3/h14-21,25-26H,4-13H2,1-3H3,(H,27,28)/t14-,15-,16-,17-,18-,19-,20+,21+,23+,24-/m1/s1. The number of carboxylic acids is 1. The van der Waals surface area contributed by atoms with Gasteiger partial charge >= 0.3 is 5.97 Å². The highest BCUT2D eigenvalue weighted by Gasteiger charge is 2.63. The van der Waals surface area contributed by atoms with Crippen molar-refractivity contribution in [2.45, 2.75) is 97.2 Å². The summed E-state index contributed by atoms with van der Waals surface area (Å²) < 4.78 is 0. The van der Waals surface area contributed by atoms with Crippen molar-refractivity contribution < 1.29 is 20.1 Å². The quantitative estimate of drug-likeness (QED) is 0.659. The molecule has 0 radical (unpaired) electrons. The minimum absolute atomic E-state index is 0.0591. The number of aliphatic hydroxyl groups excluding tert-OH is 2. The molecule has 28 heavy (non-hydrogen) atoms. The third kappa shape index (κ3) is 3.05. The highest BCUT2D eigenvalue weighted by atomic mass is 16.4. The Labute approximate surface area is 170 Å². The summed E-state index contributed by atoms with van der Waals surface area (Å²) in [5.74, 6) is 2.55. The van der Waals surface area contributed by atoms with Crippen LogP contribution in [-0.2, 0) is 4.79 Å². The van der Waals surface area contributed by atoms with Crippen molar-refractivity contribution >= 4 is 5.97 Å². The Hall–Kier alpha value is -0.610. The molecule has 0 aliphatic heterocycles. The highest BCUT2D eigenvalue weighted by molar-refractivity contribution is 5.66. The van der Waals surface area contributed by atoms with Crippen LogP contribution < -0.4 is 0 Å². The monoisotopic (exact) mass is 392 g/mol. The molecule has 0 bridgehead atoms. The second-order valence-corrected chi connectivity index (χ2v) is 11.3. The maximum Gasteiger partial charge on any atom is 0.303 e. The lowest BCUT2D eigenvalue weighted by Gasteiger charge is -2.62. The Kier molecular flexibility index (Phi) is 5.36. The lowest BCUT2D eigenvalue weighted by molar-refractivity contribution is -0.175. The zero-order valence-electron chi connectivity index (χ0n) is 17.9. The van der Waals surface area contributed by atoms with Crippen LogP contribution in [0.1, 0.15) is 85.0 Å². The van der Waals surface area contributed by atoms with Gasteiger partial charge in [-0.3, -0.25) is 4.79 Å². The average Bonchev–Trinajstić information content (AvgIpc) is 3.00. The minimum Gasteiger partial charge on any atom is -0.481 e. The van der Waals surface area contributed by atoms with E-state index in [9.17, 15) is 15.0 Å². The fourth-order valence-corrected chi connectivity index (χ4v) is 8.71. The molecule has 4 heteroatoms. The van der Waals surface area contributed by atoms with Crippen molar-refractivity contribution in [1.29, 1.82) is 0 Å². The molecule has 0 aromatic heterocycles. The second kappa shape index (κ2) is 7.27. The zero-order chi connectivity index (χ0) is 20.3. The number of carboxylic acid groups (broad SMARTS) is 1. The van der Waals surface area contributed by atoms with E-state index in [4.69, 9.17) is 5.11 Å². The van der Waals surface area contributed by atoms with Gasteiger partial charge in [-0.1, -0.05) is 20.8 Å². The van der Waals surface area contributed by atoms with Gasteiger partial charge in [0.2, 0.25) is 0 Å². The van der Waals surface area contributed by atoms with E-state index in [1.165, 1.54) is 19.3 Å². The first-order valence-electron chi connectivity index (χ1n) is 11.8. The van der Waals surface area contributed by atoms with Crippen LogP contribution in [0, 0.1) is 46.3 Å². The summed E-state index contributed by atoms with van der Waals surface area (Å²) >= 11 is 0. The normalized spacial score (nSPS) is 51.7. The second-order valence-electron chi connectivity index (χ2n) is 11.3. The summed E-state index contributed by atoms with van der Waals surface area (Å²) in [6, 6.07) is 0. The number of aliphatic hydroxyl groups is 2. The molecule has 160 valence electrons. The molecule has 0 unspecified atom stereocenters. The van der Waals surface area contributed by atoms with Gasteiger partial charge in [-0.25, -0.2) is 0 Å². The van der Waals surface area contributed by atoms with E-state index in [2.05, 4.69) is 20.8 Å². The number of fused-ring (bicyclic) bond motifs is 5. The Bertz CT molecular complexity index is 605. The highest BCUT2D eigenvalue weighted by Crippen LogP contribution is 2.68. The molecule has 10 atom stereocenters. The van der Waals surface area contributed by atoms with E-state index in [0.717, 1.165) is 38.5 Å². The van der Waals surface area contributed by atoms with E-state index in [0.29, 0.717) is 35.5 Å². The van der Waals surface area contributed by atoms with Gasteiger partial charge in [0.15, 0.2) is 0 Å². The fourth-order valence-electron chi connectivity index (χ4n) is 8.71. The van der Waals surface area contributed by atoms with Crippen molar-refractivity contribution in [3.8, 4) is 0 Å². The zero-order valence-corrected chi connectivity index (χ0v) is 17.9. The van der Waals surface area contributed by atoms with Gasteiger partial charge in [-0.05, 0) is 104 Å². The van der Waals surface area contributed by atoms with Crippen LogP contribution in [0.3, 0.4) is 0 Å². The topological polar surface area (TPSA) is 77.8 Å². The first-order valence-corrected chi connectivity index (χ1v) is 11.8. The van der Waals surface area contributed by atoms with Crippen molar-refractivity contribution in [2.24, 2.45) is 46.3 Å². The van der Waals surface area contributed by atoms with Crippen LogP contribution in [0.25, 0.3) is 0 Å². The Balaban J connectivity index is 1.56. The number of rotatable bonds is 4. The van der Waals surface area contributed by atoms with E-state index in [-0.39, 0.29) is 29.5 Å². The van der Waals surface area contributed by atoms with Crippen molar-refractivity contribution in [2.75, 3.05) is 0 Å². The van der Waals surface area contributed by atoms with Gasteiger partial charge in [0.1, 0.15) is 0 Å². The maximum atomic E-state index is 11.5. The van der Waals surface area contributed by atoms with E-state index in [1.54, 1.807) is 0 Å². The van der Waals surface area contributed by atoms with E-state index < -0.39 is 5.97 Å². The lowest BCUT2D eigenvalue weighted by atomic mass is 9.43. The summed E-state index contributed by atoms with van der Waals surface area (Å²) in [6.45, 7) is 6.99. The van der Waals surface area contributed by atoms with Gasteiger partial charge in [0, 0.05) is 6.42 Å². The first kappa shape index (κ1) is 20.7. The fraction of sp³-hybridized carbons (Fsp3) is 0.958. The van der Waals surface area contributed by atoms with Crippen molar-refractivity contribution in [3.05, 3.63) is 0 Å². The molecule has 4 aliphatic carbocycles. The summed E-state index contributed by atoms with van der Waals surface area (Å²) in [5.41, 5.74) is 0.216. The summed E-state index contributed by atoms with van der Waals surface area (Å²) in [4.78, 5) is 11.1. The number of aliphatic carboxylic acids is 1. The smallest absolute Gasteiger partial charge is 0.303 e. The number of hydrogen-bond acceptors (Lipinski definition) is 3. The minimum atomic E-state index is -0.707. The SMILES string of the molecule is C[C@H](CCC(=O)O)[C@H]1CC[C@@H]2[C@H]3CC[C@@H]4C[C@H](O)CC[C@]4(C)[C@H]3C[C@H](O)[C@@]21C. The van der Waals surface area contributed by atoms with Gasteiger partial charge in [0.25, 0.3) is 0 Å². The number of carbonyl (C=O) groups is 1. The largest absolute Gasteiger partial charge is 0.481 e. The molecule has 4 saturated carbocycles. The lowest BCUT2D eigenvalue weighted by Crippen LogP contribution is -2.58. The molecule has 4 aliphatic rings. The summed E-state index contributed by atoms with van der Waals surface area (Å²) in [6.07, 6.45) is 9.26. The molecule has 0 aromatic carbocycles. The van der Waals surface area contributed by atoms with Crippen LogP contribution >= 0.6 is 0 Å². The van der Waals surface area contributed by atoms with Crippen molar-refractivity contribution in [3.63, 3.8) is 0 Å². The van der Waals surface area contributed by atoms with Crippen LogP contribution in [0.15, 0.2) is 0 Å².